The van der Waals surface area contributed by atoms with Gasteiger partial charge in [0.15, 0.2) is 0 Å². The molecule has 0 unspecified atom stereocenters. The highest BCUT2D eigenvalue weighted by atomic mass is 16.6. The summed E-state index contributed by atoms with van der Waals surface area (Å²) in [4.78, 5) is 21.2. The first-order chi connectivity index (χ1) is 12.4. The number of likely N-dealkylation sites (N-methyl/N-ethyl adjacent to an activating group) is 1. The maximum Gasteiger partial charge on any atom is 0.272 e. The second-order valence-electron chi connectivity index (χ2n) is 5.66. The molecule has 0 fully saturated rings. The standard InChI is InChI=1S/C17H18N4O5/c1-11-3-4-13(9-16(11)21(25)26)17(19-22)15-10-14(20(23)24)6-5-12(15)7-8-18-2/h3-6,9-10,18,22H,7-8H2,1-2H3/b19-17-. The highest BCUT2D eigenvalue weighted by Gasteiger charge is 2.20. The normalized spacial score (nSPS) is 11.4. The van der Waals surface area contributed by atoms with Gasteiger partial charge in [-0.2, -0.15) is 0 Å². The summed E-state index contributed by atoms with van der Waals surface area (Å²) in [5, 5.41) is 38.1. The number of hydrogen-bond acceptors (Lipinski definition) is 7. The van der Waals surface area contributed by atoms with Crippen molar-refractivity contribution in [1.29, 1.82) is 0 Å². The second kappa shape index (κ2) is 8.17. The highest BCUT2D eigenvalue weighted by molar-refractivity contribution is 6.14. The van der Waals surface area contributed by atoms with Gasteiger partial charge in [-0.05, 0) is 32.5 Å². The monoisotopic (exact) mass is 358 g/mol. The predicted molar refractivity (Wildman–Crippen MR) is 96.0 cm³/mol. The van der Waals surface area contributed by atoms with E-state index in [1.165, 1.54) is 18.2 Å². The topological polar surface area (TPSA) is 131 Å². The molecule has 2 aromatic carbocycles. The summed E-state index contributed by atoms with van der Waals surface area (Å²) in [6, 6.07) is 8.71. The van der Waals surface area contributed by atoms with Crippen LogP contribution in [0, 0.1) is 27.2 Å². The third-order valence-corrected chi connectivity index (χ3v) is 3.98. The molecule has 0 aromatic heterocycles. The van der Waals surface area contributed by atoms with E-state index in [4.69, 9.17) is 0 Å². The lowest BCUT2D eigenvalue weighted by atomic mass is 9.94. The number of aryl methyl sites for hydroxylation is 1. The van der Waals surface area contributed by atoms with Gasteiger partial charge in [0.25, 0.3) is 11.4 Å². The van der Waals surface area contributed by atoms with Crippen LogP contribution in [-0.2, 0) is 6.42 Å². The fraction of sp³-hybridized carbons (Fsp3) is 0.235. The first-order valence-corrected chi connectivity index (χ1v) is 7.78. The molecule has 0 aliphatic rings. The molecule has 0 radical (unpaired) electrons. The number of hydrogen-bond donors (Lipinski definition) is 2. The van der Waals surface area contributed by atoms with E-state index < -0.39 is 9.85 Å². The third kappa shape index (κ3) is 4.01. The Hall–Kier alpha value is -3.33. The first kappa shape index (κ1) is 19.0. The lowest BCUT2D eigenvalue weighted by Gasteiger charge is -2.12. The summed E-state index contributed by atoms with van der Waals surface area (Å²) >= 11 is 0. The van der Waals surface area contributed by atoms with Gasteiger partial charge < -0.3 is 10.5 Å². The van der Waals surface area contributed by atoms with Crippen LogP contribution in [0.25, 0.3) is 0 Å². The molecule has 0 bridgehead atoms. The average molecular weight is 358 g/mol. The van der Waals surface area contributed by atoms with Crippen molar-refractivity contribution in [3.05, 3.63) is 78.9 Å². The Morgan fingerprint density at radius 2 is 1.88 bits per heavy atom. The van der Waals surface area contributed by atoms with Gasteiger partial charge in [-0.1, -0.05) is 23.4 Å². The molecule has 0 saturated carbocycles. The Morgan fingerprint density at radius 1 is 1.15 bits per heavy atom. The lowest BCUT2D eigenvalue weighted by Crippen LogP contribution is -2.14. The van der Waals surface area contributed by atoms with E-state index in [1.807, 2.05) is 0 Å². The van der Waals surface area contributed by atoms with Gasteiger partial charge in [-0.15, -0.1) is 0 Å². The minimum absolute atomic E-state index is 0.0444. The van der Waals surface area contributed by atoms with Crippen LogP contribution in [0.5, 0.6) is 0 Å². The molecule has 2 aromatic rings. The Morgan fingerprint density at radius 3 is 2.46 bits per heavy atom. The first-order valence-electron chi connectivity index (χ1n) is 7.78. The molecular weight excluding hydrogens is 340 g/mol. The number of non-ortho nitro benzene ring substituents is 1. The van der Waals surface area contributed by atoms with Crippen molar-refractivity contribution in [2.24, 2.45) is 5.16 Å². The summed E-state index contributed by atoms with van der Waals surface area (Å²) < 4.78 is 0. The van der Waals surface area contributed by atoms with Crippen molar-refractivity contribution in [3.8, 4) is 0 Å². The Labute approximate surface area is 149 Å². The zero-order valence-corrected chi connectivity index (χ0v) is 14.3. The van der Waals surface area contributed by atoms with Crippen molar-refractivity contribution in [2.75, 3.05) is 13.6 Å². The molecule has 2 N–H and O–H groups in total. The fourth-order valence-corrected chi connectivity index (χ4v) is 2.60. The van der Waals surface area contributed by atoms with Crippen LogP contribution >= 0.6 is 0 Å². The zero-order valence-electron chi connectivity index (χ0n) is 14.3. The van der Waals surface area contributed by atoms with Gasteiger partial charge in [0.2, 0.25) is 0 Å². The Balaban J connectivity index is 2.62. The van der Waals surface area contributed by atoms with Crippen molar-refractivity contribution in [3.63, 3.8) is 0 Å². The largest absolute Gasteiger partial charge is 0.410 e. The molecule has 0 aliphatic carbocycles. The van der Waals surface area contributed by atoms with Gasteiger partial charge >= 0.3 is 0 Å². The number of benzene rings is 2. The van der Waals surface area contributed by atoms with E-state index in [0.29, 0.717) is 29.7 Å². The zero-order chi connectivity index (χ0) is 19.3. The maximum absolute atomic E-state index is 11.2. The number of nitro groups is 2. The van der Waals surface area contributed by atoms with Crippen molar-refractivity contribution < 1.29 is 15.1 Å². The summed E-state index contributed by atoms with van der Waals surface area (Å²) in [5.74, 6) is 0. The van der Waals surface area contributed by atoms with Crippen LogP contribution in [0.15, 0.2) is 41.6 Å². The smallest absolute Gasteiger partial charge is 0.272 e. The van der Waals surface area contributed by atoms with Crippen molar-refractivity contribution in [1.82, 2.24) is 5.32 Å². The summed E-state index contributed by atoms with van der Waals surface area (Å²) in [7, 11) is 1.77. The van der Waals surface area contributed by atoms with Gasteiger partial charge in [0, 0.05) is 34.9 Å². The van der Waals surface area contributed by atoms with E-state index >= 15 is 0 Å². The minimum atomic E-state index is -0.544. The Bertz CT molecular complexity index is 879. The molecule has 2 rings (SSSR count). The van der Waals surface area contributed by atoms with E-state index in [-0.39, 0.29) is 17.1 Å². The minimum Gasteiger partial charge on any atom is -0.410 e. The van der Waals surface area contributed by atoms with Crippen LogP contribution in [0.2, 0.25) is 0 Å². The van der Waals surface area contributed by atoms with E-state index in [2.05, 4.69) is 10.5 Å². The van der Waals surface area contributed by atoms with Gasteiger partial charge in [0.05, 0.1) is 9.85 Å². The van der Waals surface area contributed by atoms with Crippen LogP contribution < -0.4 is 5.32 Å². The summed E-state index contributed by atoms with van der Waals surface area (Å²) in [6.07, 6.45) is 0.538. The SMILES string of the molecule is CNCCc1ccc([N+](=O)[O-])cc1/C(=N\O)c1ccc(C)c([N+](=O)[O-])c1. The third-order valence-electron chi connectivity index (χ3n) is 3.98. The molecule has 0 heterocycles. The molecule has 9 nitrogen and oxygen atoms in total. The average Bonchev–Trinajstić information content (AvgIpc) is 2.62. The van der Waals surface area contributed by atoms with E-state index in [1.54, 1.807) is 32.2 Å². The van der Waals surface area contributed by atoms with Gasteiger partial charge in [-0.3, -0.25) is 20.2 Å². The van der Waals surface area contributed by atoms with Crippen LogP contribution in [0.3, 0.4) is 0 Å². The number of oxime groups is 1. The number of nitrogens with zero attached hydrogens (tertiary/aromatic N) is 3. The second-order valence-corrected chi connectivity index (χ2v) is 5.66. The molecule has 26 heavy (non-hydrogen) atoms. The molecule has 9 heteroatoms. The molecule has 0 saturated heterocycles. The Kier molecular flexibility index (Phi) is 5.97. The van der Waals surface area contributed by atoms with E-state index in [0.717, 1.165) is 5.56 Å². The van der Waals surface area contributed by atoms with Crippen molar-refractivity contribution >= 4 is 17.1 Å². The maximum atomic E-state index is 11.2. The van der Waals surface area contributed by atoms with Crippen LogP contribution in [-0.4, -0.2) is 34.4 Å². The lowest BCUT2D eigenvalue weighted by molar-refractivity contribution is -0.385. The number of rotatable bonds is 7. The molecule has 0 atom stereocenters. The van der Waals surface area contributed by atoms with Gasteiger partial charge in [0.1, 0.15) is 5.71 Å². The predicted octanol–water partition coefficient (Wildman–Crippen LogP) is 2.80. The fourth-order valence-electron chi connectivity index (χ4n) is 2.60. The van der Waals surface area contributed by atoms with Gasteiger partial charge in [-0.25, -0.2) is 0 Å². The molecule has 0 aliphatic heterocycles. The summed E-state index contributed by atoms with van der Waals surface area (Å²) in [5.41, 5.74) is 1.61. The number of nitrogens with one attached hydrogen (secondary N) is 1. The van der Waals surface area contributed by atoms with E-state index in [9.17, 15) is 25.4 Å². The summed E-state index contributed by atoms with van der Waals surface area (Å²) in [6.45, 7) is 2.21. The highest BCUT2D eigenvalue weighted by Crippen LogP contribution is 2.25. The molecular formula is C17H18N4O5. The number of nitro benzene ring substituents is 2. The quantitative estimate of drug-likeness (QED) is 0.339. The van der Waals surface area contributed by atoms with Crippen LogP contribution in [0.1, 0.15) is 22.3 Å². The molecule has 0 amide bonds. The van der Waals surface area contributed by atoms with Crippen molar-refractivity contribution in [2.45, 2.75) is 13.3 Å². The van der Waals surface area contributed by atoms with Crippen LogP contribution in [0.4, 0.5) is 11.4 Å². The molecule has 0 spiro atoms. The molecule has 136 valence electrons.